The second-order valence-electron chi connectivity index (χ2n) is 4.63. The molecule has 2 rings (SSSR count). The molecule has 0 aliphatic rings. The van der Waals surface area contributed by atoms with Crippen LogP contribution in [0.2, 0.25) is 0 Å². The molecule has 0 saturated heterocycles. The van der Waals surface area contributed by atoms with Gasteiger partial charge in [-0.15, -0.1) is 0 Å². The van der Waals surface area contributed by atoms with Gasteiger partial charge in [-0.3, -0.25) is 0 Å². The van der Waals surface area contributed by atoms with E-state index in [9.17, 15) is 9.18 Å². The number of aromatic nitrogens is 1. The van der Waals surface area contributed by atoms with Crippen molar-refractivity contribution >= 4 is 11.9 Å². The number of halogens is 1. The Kier molecular flexibility index (Phi) is 5.95. The molecule has 1 amide bonds. The van der Waals surface area contributed by atoms with Gasteiger partial charge in [-0.05, 0) is 11.6 Å². The lowest BCUT2D eigenvalue weighted by molar-refractivity contribution is 0.140. The Balaban J connectivity index is 1.68. The van der Waals surface area contributed by atoms with Gasteiger partial charge < -0.3 is 15.8 Å². The number of hydrogen-bond donors (Lipinski definition) is 2. The predicted octanol–water partition coefficient (Wildman–Crippen LogP) is 2.47. The molecule has 6 heteroatoms. The smallest absolute Gasteiger partial charge is 0.407 e. The Morgan fingerprint density at radius 1 is 1.35 bits per heavy atom. The van der Waals surface area contributed by atoms with Crippen molar-refractivity contribution in [2.24, 2.45) is 0 Å². The monoisotopic (exact) mass is 313 g/mol. The van der Waals surface area contributed by atoms with Crippen LogP contribution in [0.25, 0.3) is 0 Å². The van der Waals surface area contributed by atoms with E-state index in [1.807, 2.05) is 30.3 Å². The highest BCUT2D eigenvalue weighted by molar-refractivity contribution is 5.67. The van der Waals surface area contributed by atoms with Crippen LogP contribution in [0.5, 0.6) is 0 Å². The van der Waals surface area contributed by atoms with Gasteiger partial charge in [0.25, 0.3) is 0 Å². The number of nitrogens with zero attached hydrogens (tertiary/aromatic N) is 1. The molecule has 1 aromatic carbocycles. The molecular weight excluding hydrogens is 297 g/mol. The van der Waals surface area contributed by atoms with Gasteiger partial charge in [0.05, 0.1) is 0 Å². The molecule has 0 unspecified atom stereocenters. The summed E-state index contributed by atoms with van der Waals surface area (Å²) < 4.78 is 18.2. The maximum absolute atomic E-state index is 13.2. The molecule has 0 atom stereocenters. The van der Waals surface area contributed by atoms with Gasteiger partial charge >= 0.3 is 6.09 Å². The summed E-state index contributed by atoms with van der Waals surface area (Å²) in [4.78, 5) is 15.1. The number of alkyl carbamates (subject to hydrolysis) is 1. The zero-order valence-corrected chi connectivity index (χ0v) is 12.4. The van der Waals surface area contributed by atoms with Crippen LogP contribution in [0.1, 0.15) is 17.5 Å². The van der Waals surface area contributed by atoms with Gasteiger partial charge in [0.2, 0.25) is 0 Å². The van der Waals surface area contributed by atoms with E-state index >= 15 is 0 Å². The molecule has 0 bridgehead atoms. The maximum Gasteiger partial charge on any atom is 0.407 e. The molecule has 0 fully saturated rings. The Morgan fingerprint density at radius 3 is 2.87 bits per heavy atom. The normalized spacial score (nSPS) is 9.61. The summed E-state index contributed by atoms with van der Waals surface area (Å²) in [6, 6.07) is 10.6. The number of pyridine rings is 1. The highest BCUT2D eigenvalue weighted by atomic mass is 19.1. The molecule has 3 N–H and O–H groups in total. The molecule has 0 aliphatic heterocycles. The van der Waals surface area contributed by atoms with Crippen LogP contribution >= 0.6 is 0 Å². The highest BCUT2D eigenvalue weighted by Gasteiger charge is 2.01. The minimum Gasteiger partial charge on any atom is -0.445 e. The number of benzene rings is 1. The van der Waals surface area contributed by atoms with E-state index in [4.69, 9.17) is 10.5 Å². The van der Waals surface area contributed by atoms with Crippen molar-refractivity contribution in [2.75, 3.05) is 12.3 Å². The summed E-state index contributed by atoms with van der Waals surface area (Å²) in [5, 5.41) is 2.59. The van der Waals surface area contributed by atoms with Crippen LogP contribution in [0.3, 0.4) is 0 Å². The van der Waals surface area contributed by atoms with Gasteiger partial charge in [-0.1, -0.05) is 42.2 Å². The molecule has 2 aromatic rings. The number of hydrogen-bond acceptors (Lipinski definition) is 4. The Labute approximate surface area is 133 Å². The van der Waals surface area contributed by atoms with E-state index < -0.39 is 11.9 Å². The molecule has 1 aromatic heterocycles. The fourth-order valence-corrected chi connectivity index (χ4v) is 1.68. The second-order valence-corrected chi connectivity index (χ2v) is 4.63. The lowest BCUT2D eigenvalue weighted by Crippen LogP contribution is -2.24. The van der Waals surface area contributed by atoms with Crippen LogP contribution in [-0.4, -0.2) is 17.6 Å². The van der Waals surface area contributed by atoms with Crippen molar-refractivity contribution in [3.63, 3.8) is 0 Å². The van der Waals surface area contributed by atoms with Gasteiger partial charge in [0, 0.05) is 24.7 Å². The third kappa shape index (κ3) is 5.67. The van der Waals surface area contributed by atoms with Gasteiger partial charge in [-0.2, -0.15) is 0 Å². The summed E-state index contributed by atoms with van der Waals surface area (Å²) in [5.41, 5.74) is 6.62. The van der Waals surface area contributed by atoms with Crippen LogP contribution in [0, 0.1) is 17.7 Å². The summed E-state index contributed by atoms with van der Waals surface area (Å²) in [6.45, 7) is 0.556. The Bertz CT molecular complexity index is 724. The molecule has 1 heterocycles. The Hall–Kier alpha value is -3.07. The minimum absolute atomic E-state index is 0.154. The quantitative estimate of drug-likeness (QED) is 0.671. The van der Waals surface area contributed by atoms with E-state index in [-0.39, 0.29) is 12.4 Å². The summed E-state index contributed by atoms with van der Waals surface area (Å²) in [7, 11) is 0. The summed E-state index contributed by atoms with van der Waals surface area (Å²) in [5.74, 6) is 4.80. The van der Waals surface area contributed by atoms with Crippen molar-refractivity contribution in [1.29, 1.82) is 0 Å². The number of nitrogen functional groups attached to an aromatic ring is 1. The van der Waals surface area contributed by atoms with Crippen molar-refractivity contribution in [3.05, 3.63) is 59.5 Å². The van der Waals surface area contributed by atoms with Crippen molar-refractivity contribution in [1.82, 2.24) is 10.3 Å². The molecule has 23 heavy (non-hydrogen) atoms. The first-order valence-electron chi connectivity index (χ1n) is 6.99. The van der Waals surface area contributed by atoms with Crippen molar-refractivity contribution < 1.29 is 13.9 Å². The van der Waals surface area contributed by atoms with Crippen LogP contribution < -0.4 is 11.1 Å². The van der Waals surface area contributed by atoms with Gasteiger partial charge in [0.15, 0.2) is 11.6 Å². The molecular formula is C17H16FN3O2. The first-order chi connectivity index (χ1) is 11.1. The van der Waals surface area contributed by atoms with E-state index in [2.05, 4.69) is 22.1 Å². The van der Waals surface area contributed by atoms with Gasteiger partial charge in [0.1, 0.15) is 6.61 Å². The van der Waals surface area contributed by atoms with E-state index in [1.165, 1.54) is 12.3 Å². The fraction of sp³-hybridized carbons (Fsp3) is 0.176. The first kappa shape index (κ1) is 16.3. The minimum atomic E-state index is -0.598. The van der Waals surface area contributed by atoms with E-state index in [1.54, 1.807) is 0 Å². The molecule has 0 saturated carbocycles. The average Bonchev–Trinajstić information content (AvgIpc) is 2.57. The number of nitrogens with one attached hydrogen (secondary N) is 1. The largest absolute Gasteiger partial charge is 0.445 e. The van der Waals surface area contributed by atoms with Crippen LogP contribution in [0.4, 0.5) is 15.0 Å². The number of rotatable bonds is 4. The zero-order chi connectivity index (χ0) is 16.5. The van der Waals surface area contributed by atoms with Crippen LogP contribution in [-0.2, 0) is 11.3 Å². The standard InChI is InChI=1S/C17H16FN3O2/c18-15-10-14(11-21-16(15)19)8-4-5-9-20-17(22)23-12-13-6-2-1-3-7-13/h1-3,6-7,10-11H,5,9,12H2,(H2,19,21)(H,20,22). The molecule has 0 radical (unpaired) electrons. The fourth-order valence-electron chi connectivity index (χ4n) is 1.68. The first-order valence-corrected chi connectivity index (χ1v) is 6.99. The lowest BCUT2D eigenvalue weighted by atomic mass is 10.2. The highest BCUT2D eigenvalue weighted by Crippen LogP contribution is 2.06. The summed E-state index contributed by atoms with van der Waals surface area (Å²) >= 11 is 0. The van der Waals surface area contributed by atoms with Gasteiger partial charge in [-0.25, -0.2) is 14.2 Å². The van der Waals surface area contributed by atoms with E-state index in [0.717, 1.165) is 5.56 Å². The molecule has 0 spiro atoms. The zero-order valence-electron chi connectivity index (χ0n) is 12.4. The van der Waals surface area contributed by atoms with E-state index in [0.29, 0.717) is 18.5 Å². The lowest BCUT2D eigenvalue weighted by Gasteiger charge is -2.05. The molecule has 0 aliphatic carbocycles. The maximum atomic E-state index is 13.2. The van der Waals surface area contributed by atoms with Crippen molar-refractivity contribution in [2.45, 2.75) is 13.0 Å². The number of carbonyl (C=O) groups is 1. The number of anilines is 1. The molecule has 118 valence electrons. The topological polar surface area (TPSA) is 77.2 Å². The summed E-state index contributed by atoms with van der Waals surface area (Å²) in [6.07, 6.45) is 1.30. The average molecular weight is 313 g/mol. The third-order valence-electron chi connectivity index (χ3n) is 2.83. The Morgan fingerprint density at radius 2 is 2.13 bits per heavy atom. The predicted molar refractivity (Wildman–Crippen MR) is 84.7 cm³/mol. The number of amides is 1. The SMILES string of the molecule is Nc1ncc(C#CCCNC(=O)OCc2ccccc2)cc1F. The molecule has 5 nitrogen and oxygen atoms in total. The van der Waals surface area contributed by atoms with Crippen molar-refractivity contribution in [3.8, 4) is 11.8 Å². The van der Waals surface area contributed by atoms with Crippen LogP contribution in [0.15, 0.2) is 42.6 Å². The number of nitrogens with two attached hydrogens (primary N) is 1. The third-order valence-corrected chi connectivity index (χ3v) is 2.83. The number of ether oxygens (including phenoxy) is 1. The number of carbonyl (C=O) groups excluding carboxylic acids is 1. The second kappa shape index (κ2) is 8.39.